The van der Waals surface area contributed by atoms with E-state index in [4.69, 9.17) is 9.47 Å². The van der Waals surface area contributed by atoms with Gasteiger partial charge in [-0.3, -0.25) is 0 Å². The number of carbonyl (C=O) groups excluding carboxylic acids is 1. The molecule has 0 fully saturated rings. The summed E-state index contributed by atoms with van der Waals surface area (Å²) in [7, 11) is 1.69. The highest BCUT2D eigenvalue weighted by atomic mass is 16.5. The molecule has 1 amide bonds. The Morgan fingerprint density at radius 1 is 1.00 bits per heavy atom. The van der Waals surface area contributed by atoms with Gasteiger partial charge in [-0.1, -0.05) is 66.7 Å². The van der Waals surface area contributed by atoms with E-state index in [1.54, 1.807) is 7.11 Å². The van der Waals surface area contributed by atoms with Crippen molar-refractivity contribution in [2.45, 2.75) is 19.6 Å². The Morgan fingerprint density at radius 2 is 1.71 bits per heavy atom. The molecule has 4 nitrogen and oxygen atoms in total. The first-order chi connectivity index (χ1) is 11.8. The molecule has 0 saturated carbocycles. The number of hydrogen-bond donors (Lipinski definition) is 1. The molecular formula is C20H23NO3. The van der Waals surface area contributed by atoms with Crippen molar-refractivity contribution >= 4 is 12.2 Å². The molecule has 0 aliphatic heterocycles. The zero-order chi connectivity index (χ0) is 17.0. The number of amides is 1. The first-order valence-corrected chi connectivity index (χ1v) is 7.97. The van der Waals surface area contributed by atoms with Gasteiger partial charge in [-0.15, -0.1) is 0 Å². The van der Waals surface area contributed by atoms with Crippen LogP contribution in [0.3, 0.4) is 0 Å². The van der Waals surface area contributed by atoms with Crippen molar-refractivity contribution in [3.63, 3.8) is 0 Å². The van der Waals surface area contributed by atoms with Crippen LogP contribution >= 0.6 is 0 Å². The first kappa shape index (κ1) is 17.8. The number of carbonyl (C=O) groups is 1. The molecule has 2 rings (SSSR count). The molecule has 0 aliphatic rings. The second-order valence-electron chi connectivity index (χ2n) is 5.35. The molecule has 0 spiro atoms. The zero-order valence-electron chi connectivity index (χ0n) is 13.9. The summed E-state index contributed by atoms with van der Waals surface area (Å²) in [5, 5.41) is 2.74. The van der Waals surface area contributed by atoms with E-state index in [0.29, 0.717) is 13.2 Å². The van der Waals surface area contributed by atoms with Crippen LogP contribution in [0.15, 0.2) is 60.7 Å². The predicted molar refractivity (Wildman–Crippen MR) is 95.4 cm³/mol. The summed E-state index contributed by atoms with van der Waals surface area (Å²) in [4.78, 5) is 11.6. The first-order valence-electron chi connectivity index (χ1n) is 7.97. The van der Waals surface area contributed by atoms with Gasteiger partial charge in [-0.05, 0) is 23.1 Å². The van der Waals surface area contributed by atoms with Crippen LogP contribution in [-0.2, 0) is 22.7 Å². The van der Waals surface area contributed by atoms with Crippen molar-refractivity contribution in [2.75, 3.05) is 13.7 Å². The molecule has 0 radical (unpaired) electrons. The summed E-state index contributed by atoms with van der Waals surface area (Å²) < 4.78 is 10.2. The van der Waals surface area contributed by atoms with Crippen molar-refractivity contribution in [3.05, 3.63) is 77.4 Å². The van der Waals surface area contributed by atoms with Gasteiger partial charge >= 0.3 is 6.09 Å². The van der Waals surface area contributed by atoms with Crippen LogP contribution in [0.4, 0.5) is 4.79 Å². The number of nitrogens with one attached hydrogen (secondary N) is 1. The fourth-order valence-electron chi connectivity index (χ4n) is 2.14. The third kappa shape index (κ3) is 6.67. The maximum atomic E-state index is 11.6. The number of alkyl carbamates (subject to hydrolysis) is 1. The van der Waals surface area contributed by atoms with Crippen molar-refractivity contribution in [3.8, 4) is 0 Å². The number of rotatable bonds is 8. The van der Waals surface area contributed by atoms with Gasteiger partial charge in [-0.2, -0.15) is 0 Å². The molecule has 24 heavy (non-hydrogen) atoms. The average Bonchev–Trinajstić information content (AvgIpc) is 2.62. The smallest absolute Gasteiger partial charge is 0.407 e. The summed E-state index contributed by atoms with van der Waals surface area (Å²) in [6.45, 7) is 1.46. The quantitative estimate of drug-likeness (QED) is 0.741. The van der Waals surface area contributed by atoms with Crippen molar-refractivity contribution in [1.29, 1.82) is 0 Å². The molecule has 0 aromatic heterocycles. The molecule has 1 N–H and O–H groups in total. The lowest BCUT2D eigenvalue weighted by Gasteiger charge is -2.05. The molecule has 0 heterocycles. The molecular weight excluding hydrogens is 302 g/mol. The fraction of sp³-hybridized carbons (Fsp3) is 0.250. The van der Waals surface area contributed by atoms with Crippen LogP contribution in [-0.4, -0.2) is 19.7 Å². The van der Waals surface area contributed by atoms with Crippen LogP contribution < -0.4 is 5.32 Å². The molecule has 4 heteroatoms. The molecule has 0 atom stereocenters. The highest BCUT2D eigenvalue weighted by Crippen LogP contribution is 2.07. The molecule has 0 unspecified atom stereocenters. The van der Waals surface area contributed by atoms with Crippen molar-refractivity contribution < 1.29 is 14.3 Å². The average molecular weight is 325 g/mol. The van der Waals surface area contributed by atoms with E-state index in [1.807, 2.05) is 66.7 Å². The van der Waals surface area contributed by atoms with Crippen LogP contribution in [0.25, 0.3) is 6.08 Å². The van der Waals surface area contributed by atoms with Crippen molar-refractivity contribution in [1.82, 2.24) is 5.32 Å². The number of hydrogen-bond acceptors (Lipinski definition) is 3. The fourth-order valence-corrected chi connectivity index (χ4v) is 2.14. The SMILES string of the molecule is COCc1ccc(C=CCCNC(=O)OCc2ccccc2)cc1. The molecule has 126 valence electrons. The van der Waals surface area contributed by atoms with E-state index in [0.717, 1.165) is 23.1 Å². The minimum Gasteiger partial charge on any atom is -0.445 e. The standard InChI is InChI=1S/C20H23NO3/c1-23-15-19-12-10-17(11-13-19)7-5-6-14-21-20(22)24-16-18-8-3-2-4-9-18/h2-5,7-13H,6,14-16H2,1H3,(H,21,22). The summed E-state index contributed by atoms with van der Waals surface area (Å²) in [5.74, 6) is 0. The lowest BCUT2D eigenvalue weighted by Crippen LogP contribution is -2.24. The summed E-state index contributed by atoms with van der Waals surface area (Å²) in [6, 6.07) is 17.8. The van der Waals surface area contributed by atoms with Crippen LogP contribution in [0, 0.1) is 0 Å². The molecule has 0 aliphatic carbocycles. The Hall–Kier alpha value is -2.59. The van der Waals surface area contributed by atoms with Gasteiger partial charge in [-0.25, -0.2) is 4.79 Å². The number of ether oxygens (including phenoxy) is 2. The van der Waals surface area contributed by atoms with Gasteiger partial charge in [0.15, 0.2) is 0 Å². The second kappa shape index (κ2) is 10.2. The highest BCUT2D eigenvalue weighted by molar-refractivity contribution is 5.67. The molecule has 2 aromatic carbocycles. The van der Waals surface area contributed by atoms with E-state index in [2.05, 4.69) is 5.32 Å². The van der Waals surface area contributed by atoms with Crippen LogP contribution in [0.5, 0.6) is 0 Å². The van der Waals surface area contributed by atoms with E-state index >= 15 is 0 Å². The van der Waals surface area contributed by atoms with Gasteiger partial charge in [0.25, 0.3) is 0 Å². The van der Waals surface area contributed by atoms with Crippen LogP contribution in [0.2, 0.25) is 0 Å². The van der Waals surface area contributed by atoms with Crippen molar-refractivity contribution in [2.24, 2.45) is 0 Å². The molecule has 0 bridgehead atoms. The summed E-state index contributed by atoms with van der Waals surface area (Å²) >= 11 is 0. The third-order valence-corrected chi connectivity index (χ3v) is 3.39. The maximum Gasteiger partial charge on any atom is 0.407 e. The van der Waals surface area contributed by atoms with Gasteiger partial charge in [0, 0.05) is 13.7 Å². The predicted octanol–water partition coefficient (Wildman–Crippen LogP) is 4.16. The highest BCUT2D eigenvalue weighted by Gasteiger charge is 2.00. The lowest BCUT2D eigenvalue weighted by molar-refractivity contribution is 0.140. The van der Waals surface area contributed by atoms with E-state index in [1.165, 1.54) is 0 Å². The Bertz CT molecular complexity index is 636. The van der Waals surface area contributed by atoms with E-state index in [-0.39, 0.29) is 6.61 Å². The largest absolute Gasteiger partial charge is 0.445 e. The summed E-state index contributed by atoms with van der Waals surface area (Å²) in [5.41, 5.74) is 3.25. The van der Waals surface area contributed by atoms with Gasteiger partial charge in [0.05, 0.1) is 6.61 Å². The third-order valence-electron chi connectivity index (χ3n) is 3.39. The number of methoxy groups -OCH3 is 1. The van der Waals surface area contributed by atoms with Gasteiger partial charge in [0.2, 0.25) is 0 Å². The van der Waals surface area contributed by atoms with Gasteiger partial charge in [0.1, 0.15) is 6.61 Å². The lowest BCUT2D eigenvalue weighted by atomic mass is 10.1. The normalized spacial score (nSPS) is 10.7. The Labute approximate surface area is 143 Å². The monoisotopic (exact) mass is 325 g/mol. The molecule has 0 saturated heterocycles. The minimum absolute atomic E-state index is 0.288. The summed E-state index contributed by atoms with van der Waals surface area (Å²) in [6.07, 6.45) is 4.42. The van der Waals surface area contributed by atoms with E-state index < -0.39 is 6.09 Å². The zero-order valence-corrected chi connectivity index (χ0v) is 13.9. The minimum atomic E-state index is -0.392. The van der Waals surface area contributed by atoms with Crippen LogP contribution in [0.1, 0.15) is 23.1 Å². The Morgan fingerprint density at radius 3 is 2.42 bits per heavy atom. The Balaban J connectivity index is 1.62. The second-order valence-corrected chi connectivity index (χ2v) is 5.35. The maximum absolute atomic E-state index is 11.6. The topological polar surface area (TPSA) is 47.6 Å². The number of benzene rings is 2. The van der Waals surface area contributed by atoms with Gasteiger partial charge < -0.3 is 14.8 Å². The van der Waals surface area contributed by atoms with E-state index in [9.17, 15) is 4.79 Å². The Kier molecular flexibility index (Phi) is 7.57. The molecule has 2 aromatic rings.